The van der Waals surface area contributed by atoms with Crippen LogP contribution in [0.2, 0.25) is 0 Å². The van der Waals surface area contributed by atoms with Gasteiger partial charge in [-0.3, -0.25) is 0 Å². The zero-order valence-electron chi connectivity index (χ0n) is 11.3. The number of terminal acetylenes is 1. The van der Waals surface area contributed by atoms with Crippen molar-refractivity contribution < 1.29 is 9.47 Å². The Labute approximate surface area is 109 Å². The van der Waals surface area contributed by atoms with E-state index in [1.165, 1.54) is 5.56 Å². The van der Waals surface area contributed by atoms with Gasteiger partial charge in [0.05, 0.1) is 13.7 Å². The minimum atomic E-state index is 0.264. The van der Waals surface area contributed by atoms with Crippen molar-refractivity contribution in [3.8, 4) is 18.1 Å². The second-order valence-corrected chi connectivity index (χ2v) is 4.13. The summed E-state index contributed by atoms with van der Waals surface area (Å²) in [6, 6.07) is 6.41. The summed E-state index contributed by atoms with van der Waals surface area (Å²) in [7, 11) is 3.35. The molecule has 0 bridgehead atoms. The van der Waals surface area contributed by atoms with Crippen molar-refractivity contribution >= 4 is 0 Å². The highest BCUT2D eigenvalue weighted by atomic mass is 16.5. The van der Waals surface area contributed by atoms with Crippen LogP contribution in [0.25, 0.3) is 0 Å². The maximum atomic E-state index is 5.30. The largest absolute Gasteiger partial charge is 0.496 e. The average molecular weight is 247 g/mol. The standard InChI is InChI=1S/C15H21NO2/c1-5-6-9-16-12(2)13-7-8-15(18-4)14(10-13)11-17-3/h1,7-8,10,12,16H,6,9,11H2,2-4H3. The molecule has 0 aliphatic heterocycles. The van der Waals surface area contributed by atoms with Crippen LogP contribution < -0.4 is 10.1 Å². The molecule has 1 unspecified atom stereocenters. The monoisotopic (exact) mass is 247 g/mol. The lowest BCUT2D eigenvalue weighted by atomic mass is 10.0. The van der Waals surface area contributed by atoms with Gasteiger partial charge in [-0.2, -0.15) is 0 Å². The van der Waals surface area contributed by atoms with Gasteiger partial charge in [0.2, 0.25) is 0 Å². The van der Waals surface area contributed by atoms with E-state index in [1.807, 2.05) is 6.07 Å². The molecule has 1 N–H and O–H groups in total. The van der Waals surface area contributed by atoms with E-state index in [-0.39, 0.29) is 6.04 Å². The highest BCUT2D eigenvalue weighted by Crippen LogP contribution is 2.23. The first-order valence-electron chi connectivity index (χ1n) is 6.05. The molecule has 0 spiro atoms. The van der Waals surface area contributed by atoms with Crippen molar-refractivity contribution in [3.63, 3.8) is 0 Å². The molecular formula is C15H21NO2. The summed E-state index contributed by atoms with van der Waals surface area (Å²) < 4.78 is 10.5. The molecule has 98 valence electrons. The highest BCUT2D eigenvalue weighted by Gasteiger charge is 2.09. The minimum Gasteiger partial charge on any atom is -0.496 e. The van der Waals surface area contributed by atoms with Crippen LogP contribution in [0.5, 0.6) is 5.75 Å². The lowest BCUT2D eigenvalue weighted by Crippen LogP contribution is -2.19. The lowest BCUT2D eigenvalue weighted by Gasteiger charge is -2.16. The van der Waals surface area contributed by atoms with Gasteiger partial charge >= 0.3 is 0 Å². The van der Waals surface area contributed by atoms with Gasteiger partial charge in [-0.05, 0) is 24.6 Å². The van der Waals surface area contributed by atoms with Gasteiger partial charge in [0.1, 0.15) is 5.75 Å². The summed E-state index contributed by atoms with van der Waals surface area (Å²) in [6.07, 6.45) is 5.97. The summed E-state index contributed by atoms with van der Waals surface area (Å²) in [5.74, 6) is 3.48. The van der Waals surface area contributed by atoms with E-state index in [2.05, 4.69) is 30.3 Å². The maximum absolute atomic E-state index is 5.30. The fourth-order valence-corrected chi connectivity index (χ4v) is 1.81. The Hall–Kier alpha value is -1.50. The predicted molar refractivity (Wildman–Crippen MR) is 73.6 cm³/mol. The molecule has 0 radical (unpaired) electrons. The number of rotatable bonds is 7. The zero-order valence-corrected chi connectivity index (χ0v) is 11.3. The fourth-order valence-electron chi connectivity index (χ4n) is 1.81. The normalized spacial score (nSPS) is 11.9. The Morgan fingerprint density at radius 2 is 2.17 bits per heavy atom. The Kier molecular flexibility index (Phi) is 6.27. The molecule has 0 aliphatic rings. The van der Waals surface area contributed by atoms with E-state index < -0.39 is 0 Å². The number of ether oxygens (including phenoxy) is 2. The third-order valence-electron chi connectivity index (χ3n) is 2.82. The molecule has 0 amide bonds. The average Bonchev–Trinajstić information content (AvgIpc) is 2.39. The Bertz CT molecular complexity index is 409. The first-order valence-corrected chi connectivity index (χ1v) is 6.05. The Morgan fingerprint density at radius 3 is 2.78 bits per heavy atom. The quantitative estimate of drug-likeness (QED) is 0.593. The molecule has 18 heavy (non-hydrogen) atoms. The summed E-state index contributed by atoms with van der Waals surface area (Å²) in [4.78, 5) is 0. The van der Waals surface area contributed by atoms with Crippen LogP contribution in [0.4, 0.5) is 0 Å². The SMILES string of the molecule is C#CCCNC(C)c1ccc(OC)c(COC)c1. The van der Waals surface area contributed by atoms with Crippen molar-refractivity contribution in [1.82, 2.24) is 5.32 Å². The van der Waals surface area contributed by atoms with Gasteiger partial charge in [0.15, 0.2) is 0 Å². The molecule has 0 aliphatic carbocycles. The van der Waals surface area contributed by atoms with E-state index in [9.17, 15) is 0 Å². The van der Waals surface area contributed by atoms with Gasteiger partial charge in [-0.1, -0.05) is 6.07 Å². The molecular weight excluding hydrogens is 226 g/mol. The number of benzene rings is 1. The fraction of sp³-hybridized carbons (Fsp3) is 0.467. The zero-order chi connectivity index (χ0) is 13.4. The molecule has 1 aromatic carbocycles. The lowest BCUT2D eigenvalue weighted by molar-refractivity contribution is 0.181. The molecule has 1 aromatic rings. The summed E-state index contributed by atoms with van der Waals surface area (Å²) >= 11 is 0. The molecule has 1 atom stereocenters. The number of hydrogen-bond acceptors (Lipinski definition) is 3. The molecule has 3 nitrogen and oxygen atoms in total. The van der Waals surface area contributed by atoms with Crippen LogP contribution in [0.3, 0.4) is 0 Å². The van der Waals surface area contributed by atoms with Gasteiger partial charge in [-0.15, -0.1) is 12.3 Å². The molecule has 0 fully saturated rings. The van der Waals surface area contributed by atoms with Crippen LogP contribution in [-0.4, -0.2) is 20.8 Å². The van der Waals surface area contributed by atoms with E-state index >= 15 is 0 Å². The number of hydrogen-bond donors (Lipinski definition) is 1. The van der Waals surface area contributed by atoms with E-state index in [0.29, 0.717) is 6.61 Å². The van der Waals surface area contributed by atoms with Gasteiger partial charge in [-0.25, -0.2) is 0 Å². The van der Waals surface area contributed by atoms with Crippen LogP contribution in [0.15, 0.2) is 18.2 Å². The Morgan fingerprint density at radius 1 is 1.39 bits per heavy atom. The smallest absolute Gasteiger partial charge is 0.124 e. The third kappa shape index (κ3) is 4.06. The van der Waals surface area contributed by atoms with Crippen molar-refractivity contribution in [2.75, 3.05) is 20.8 Å². The third-order valence-corrected chi connectivity index (χ3v) is 2.82. The molecule has 0 saturated carbocycles. The summed E-state index contributed by atoms with van der Waals surface area (Å²) in [6.45, 7) is 3.49. The van der Waals surface area contributed by atoms with Crippen molar-refractivity contribution in [2.24, 2.45) is 0 Å². The summed E-state index contributed by atoms with van der Waals surface area (Å²) in [5.41, 5.74) is 2.27. The van der Waals surface area contributed by atoms with Gasteiger partial charge in [0.25, 0.3) is 0 Å². The maximum Gasteiger partial charge on any atom is 0.124 e. The molecule has 0 aromatic heterocycles. The first-order chi connectivity index (χ1) is 8.72. The van der Waals surface area contributed by atoms with Crippen LogP contribution in [0, 0.1) is 12.3 Å². The minimum absolute atomic E-state index is 0.264. The highest BCUT2D eigenvalue weighted by molar-refractivity contribution is 5.38. The number of nitrogens with one attached hydrogen (secondary N) is 1. The van der Waals surface area contributed by atoms with Gasteiger partial charge < -0.3 is 14.8 Å². The van der Waals surface area contributed by atoms with Crippen molar-refractivity contribution in [3.05, 3.63) is 29.3 Å². The van der Waals surface area contributed by atoms with Crippen molar-refractivity contribution in [1.29, 1.82) is 0 Å². The van der Waals surface area contributed by atoms with Crippen LogP contribution in [-0.2, 0) is 11.3 Å². The molecule has 0 saturated heterocycles. The second kappa shape index (κ2) is 7.75. The summed E-state index contributed by atoms with van der Waals surface area (Å²) in [5, 5.41) is 3.38. The first kappa shape index (κ1) is 14.6. The topological polar surface area (TPSA) is 30.5 Å². The van der Waals surface area contributed by atoms with E-state index in [4.69, 9.17) is 15.9 Å². The predicted octanol–water partition coefficient (Wildman–Crippen LogP) is 2.52. The molecule has 3 heteroatoms. The second-order valence-electron chi connectivity index (χ2n) is 4.13. The van der Waals surface area contributed by atoms with Gasteiger partial charge in [0, 0.05) is 31.7 Å². The van der Waals surface area contributed by atoms with Crippen LogP contribution >= 0.6 is 0 Å². The molecule has 0 heterocycles. The van der Waals surface area contributed by atoms with Crippen LogP contribution in [0.1, 0.15) is 30.5 Å². The Balaban J connectivity index is 2.77. The number of methoxy groups -OCH3 is 2. The molecule has 1 rings (SSSR count). The van der Waals surface area contributed by atoms with E-state index in [1.54, 1.807) is 14.2 Å². The van der Waals surface area contributed by atoms with Crippen molar-refractivity contribution in [2.45, 2.75) is 26.0 Å². The van der Waals surface area contributed by atoms with E-state index in [0.717, 1.165) is 24.3 Å².